The van der Waals surface area contributed by atoms with Crippen LogP contribution in [0.1, 0.15) is 53.9 Å². The number of ether oxygens (including phenoxy) is 7. The van der Waals surface area contributed by atoms with Crippen LogP contribution in [0.5, 0.6) is 0 Å². The number of carbonyl (C=O) groups is 4. The van der Waals surface area contributed by atoms with Gasteiger partial charge in [0.15, 0.2) is 6.61 Å². The molecule has 55 heavy (non-hydrogen) atoms. The maximum absolute atomic E-state index is 12.8. The standard InChI is InChI=1S/C10H14O4.C9H8F8O2.C6H8O3.C6H12O.C5H10O/c1-7(2)9(11)13-5-6-14-10(12)8(3)4;1-4(2)5(18)19-3-7(12,13)9(16,17)8(14,15)6(10)11;1-2-6(7)9-4-5-3-8-5;1-3-5-6-7-4-2;1-3-5-6-4-2/h1,3,5-6H2,2,4H3;6H,1,3H2,2H3;2,5H,1,3-4H2;4H,2-3,5-6H2,1H3;4H,2-3,5H2,1H3. The average Bonchev–Trinajstić information content (AvgIpc) is 3.96. The molecule has 1 atom stereocenters. The molecule has 0 aromatic carbocycles. The third kappa shape index (κ3) is 29.4. The van der Waals surface area contributed by atoms with E-state index in [0.29, 0.717) is 24.4 Å². The highest BCUT2D eigenvalue weighted by Crippen LogP contribution is 2.48. The van der Waals surface area contributed by atoms with Gasteiger partial charge in [0, 0.05) is 22.8 Å². The van der Waals surface area contributed by atoms with Gasteiger partial charge in [-0.05, 0) is 33.6 Å². The first kappa shape index (κ1) is 57.0. The Hall–Kier alpha value is -4.68. The Bertz CT molecular complexity index is 1190. The van der Waals surface area contributed by atoms with E-state index in [1.807, 2.05) is 0 Å². The van der Waals surface area contributed by atoms with Gasteiger partial charge >= 0.3 is 48.1 Å². The summed E-state index contributed by atoms with van der Waals surface area (Å²) >= 11 is 0. The summed E-state index contributed by atoms with van der Waals surface area (Å²) in [5.74, 6) is -21.2. The maximum Gasteiger partial charge on any atom is 0.381 e. The monoisotopic (exact) mass is 812 g/mol. The summed E-state index contributed by atoms with van der Waals surface area (Å²) in [7, 11) is 0. The molecule has 318 valence electrons. The van der Waals surface area contributed by atoms with E-state index >= 15 is 0 Å². The maximum atomic E-state index is 12.8. The normalized spacial score (nSPS) is 12.6. The molecule has 0 amide bonds. The van der Waals surface area contributed by atoms with Gasteiger partial charge in [-0.15, -0.1) is 0 Å². The molecular formula is C36H52F8O11. The largest absolute Gasteiger partial charge is 0.502 e. The molecular weight excluding hydrogens is 760 g/mol. The van der Waals surface area contributed by atoms with Gasteiger partial charge < -0.3 is 33.2 Å². The van der Waals surface area contributed by atoms with Crippen LogP contribution in [0, 0.1) is 0 Å². The fourth-order valence-electron chi connectivity index (χ4n) is 2.18. The number of esters is 4. The highest BCUT2D eigenvalue weighted by Gasteiger charge is 2.75. The summed E-state index contributed by atoms with van der Waals surface area (Å²) in [4.78, 5) is 42.7. The minimum Gasteiger partial charge on any atom is -0.502 e. The number of unbranched alkanes of at least 4 members (excludes halogenated alkanes) is 1. The van der Waals surface area contributed by atoms with Crippen LogP contribution in [0.2, 0.25) is 0 Å². The van der Waals surface area contributed by atoms with E-state index in [1.54, 1.807) is 13.8 Å². The highest BCUT2D eigenvalue weighted by molar-refractivity contribution is 5.88. The molecule has 0 spiro atoms. The van der Waals surface area contributed by atoms with Crippen molar-refractivity contribution in [1.82, 2.24) is 0 Å². The lowest BCUT2D eigenvalue weighted by Crippen LogP contribution is -2.59. The van der Waals surface area contributed by atoms with Gasteiger partial charge in [0.25, 0.3) is 0 Å². The lowest BCUT2D eigenvalue weighted by atomic mass is 10.1. The first-order valence-corrected chi connectivity index (χ1v) is 16.1. The third-order valence-corrected chi connectivity index (χ3v) is 5.29. The van der Waals surface area contributed by atoms with Crippen LogP contribution in [-0.2, 0) is 52.3 Å². The Labute approximate surface area is 316 Å². The molecule has 0 N–H and O–H groups in total. The molecule has 0 radical (unpaired) electrons. The van der Waals surface area contributed by atoms with Crippen LogP contribution < -0.4 is 0 Å². The van der Waals surface area contributed by atoms with Gasteiger partial charge in [0.05, 0.1) is 32.3 Å². The number of hydrogen-bond donors (Lipinski definition) is 0. The average molecular weight is 813 g/mol. The third-order valence-electron chi connectivity index (χ3n) is 5.29. The second kappa shape index (κ2) is 31.6. The van der Waals surface area contributed by atoms with Crippen molar-refractivity contribution in [3.63, 3.8) is 0 Å². The summed E-state index contributed by atoms with van der Waals surface area (Å²) in [6, 6.07) is 0. The first-order valence-electron chi connectivity index (χ1n) is 16.1. The van der Waals surface area contributed by atoms with Crippen molar-refractivity contribution < 1.29 is 87.5 Å². The summed E-state index contributed by atoms with van der Waals surface area (Å²) in [5.41, 5.74) is 0.173. The number of rotatable bonds is 21. The van der Waals surface area contributed by atoms with Crippen molar-refractivity contribution in [2.75, 3.05) is 46.2 Å². The lowest BCUT2D eigenvalue weighted by Gasteiger charge is -2.31. The molecule has 1 aliphatic rings. The fraction of sp³-hybridized carbons (Fsp3) is 0.556. The molecule has 1 heterocycles. The van der Waals surface area contributed by atoms with Crippen LogP contribution in [-0.4, -0.2) is 100 Å². The van der Waals surface area contributed by atoms with Gasteiger partial charge in [-0.25, -0.2) is 28.0 Å². The predicted octanol–water partition coefficient (Wildman–Crippen LogP) is 8.12. The Balaban J connectivity index is -0.000000316. The molecule has 11 nitrogen and oxygen atoms in total. The van der Waals surface area contributed by atoms with E-state index in [9.17, 15) is 54.3 Å². The zero-order chi connectivity index (χ0) is 43.8. The van der Waals surface area contributed by atoms with Crippen molar-refractivity contribution in [3.8, 4) is 0 Å². The highest BCUT2D eigenvalue weighted by atomic mass is 19.4. The fourth-order valence-corrected chi connectivity index (χ4v) is 2.18. The van der Waals surface area contributed by atoms with Crippen molar-refractivity contribution in [2.45, 2.75) is 84.2 Å². The molecule has 19 heteroatoms. The predicted molar refractivity (Wildman–Crippen MR) is 187 cm³/mol. The molecule has 1 rings (SSSR count). The second-order valence-electron chi connectivity index (χ2n) is 10.6. The number of halogens is 8. The van der Waals surface area contributed by atoms with E-state index in [1.165, 1.54) is 18.9 Å². The summed E-state index contributed by atoms with van der Waals surface area (Å²) in [6.45, 7) is 28.3. The van der Waals surface area contributed by atoms with Crippen LogP contribution in [0.25, 0.3) is 0 Å². The zero-order valence-electron chi connectivity index (χ0n) is 31.7. The number of hydrogen-bond acceptors (Lipinski definition) is 11. The van der Waals surface area contributed by atoms with Crippen molar-refractivity contribution in [1.29, 1.82) is 0 Å². The van der Waals surface area contributed by atoms with E-state index in [-0.39, 0.29) is 25.3 Å². The van der Waals surface area contributed by atoms with E-state index < -0.39 is 54.3 Å². The lowest BCUT2D eigenvalue weighted by molar-refractivity contribution is -0.344. The van der Waals surface area contributed by atoms with Gasteiger partial charge in [0.2, 0.25) is 0 Å². The Kier molecular flexibility index (Phi) is 32.8. The van der Waals surface area contributed by atoms with Gasteiger partial charge in [0.1, 0.15) is 25.9 Å². The molecule has 1 unspecified atom stereocenters. The molecule has 1 saturated heterocycles. The van der Waals surface area contributed by atoms with E-state index in [2.05, 4.69) is 72.3 Å². The van der Waals surface area contributed by atoms with Crippen molar-refractivity contribution in [2.24, 2.45) is 0 Å². The number of carbonyl (C=O) groups excluding carboxylic acids is 4. The first-order chi connectivity index (χ1) is 25.4. The zero-order valence-corrected chi connectivity index (χ0v) is 31.7. The van der Waals surface area contributed by atoms with Gasteiger partial charge in [-0.2, -0.15) is 26.3 Å². The second-order valence-corrected chi connectivity index (χ2v) is 10.6. The smallest absolute Gasteiger partial charge is 0.381 e. The number of alkyl halides is 8. The molecule has 0 aromatic heterocycles. The van der Waals surface area contributed by atoms with Crippen LogP contribution in [0.3, 0.4) is 0 Å². The van der Waals surface area contributed by atoms with Gasteiger partial charge in [-0.3, -0.25) is 0 Å². The van der Waals surface area contributed by atoms with Crippen LogP contribution in [0.4, 0.5) is 35.1 Å². The Morgan fingerprint density at radius 3 is 1.44 bits per heavy atom. The van der Waals surface area contributed by atoms with E-state index in [0.717, 1.165) is 39.1 Å². The molecule has 1 fully saturated rings. The topological polar surface area (TPSA) is 136 Å². The molecule has 0 saturated carbocycles. The van der Waals surface area contributed by atoms with Crippen molar-refractivity contribution >= 4 is 23.9 Å². The molecule has 0 bridgehead atoms. The summed E-state index contributed by atoms with van der Waals surface area (Å²) in [5, 5.41) is 0. The van der Waals surface area contributed by atoms with Gasteiger partial charge in [-0.1, -0.05) is 59.7 Å². The molecule has 1 aliphatic heterocycles. The summed E-state index contributed by atoms with van der Waals surface area (Å²) in [6.07, 6.45) is 2.60. The molecule has 0 aromatic rings. The van der Waals surface area contributed by atoms with Crippen LogP contribution >= 0.6 is 0 Å². The quantitative estimate of drug-likeness (QED) is 0.0212. The molecule has 0 aliphatic carbocycles. The minimum atomic E-state index is -6.39. The summed E-state index contributed by atoms with van der Waals surface area (Å²) < 4.78 is 131. The Morgan fingerprint density at radius 2 is 1.13 bits per heavy atom. The van der Waals surface area contributed by atoms with E-state index in [4.69, 9.17) is 14.2 Å². The Morgan fingerprint density at radius 1 is 0.709 bits per heavy atom. The SMILES string of the molecule is C=C(C)C(=O)OCC(F)(F)C(F)(F)C(F)(F)C(F)F.C=C(C)C(=O)OCCOC(=O)C(=C)C.C=CC(=O)OCC1CO1.C=COCCC.C=COCCCC. The van der Waals surface area contributed by atoms with Crippen molar-refractivity contribution in [3.05, 3.63) is 74.8 Å². The number of epoxide rings is 1. The minimum absolute atomic E-state index is 0.0325. The van der Waals surface area contributed by atoms with Crippen LogP contribution in [0.15, 0.2) is 74.8 Å².